The Morgan fingerprint density at radius 3 is 2.67 bits per heavy atom. The number of hydrogen-bond acceptors (Lipinski definition) is 4. The van der Waals surface area contributed by atoms with Crippen molar-refractivity contribution in [2.45, 2.75) is 6.92 Å². The van der Waals surface area contributed by atoms with E-state index < -0.39 is 6.09 Å². The molecule has 0 unspecified atom stereocenters. The molecule has 0 aliphatic heterocycles. The molecular weight excluding hydrogens is 140 g/mol. The quantitative estimate of drug-likeness (QED) is 0.241. The van der Waals surface area contributed by atoms with E-state index in [0.717, 1.165) is 0 Å². The van der Waals surface area contributed by atoms with E-state index in [1.165, 1.54) is 11.8 Å². The van der Waals surface area contributed by atoms with Gasteiger partial charge in [0, 0.05) is 0 Å². The van der Waals surface area contributed by atoms with Crippen LogP contribution >= 0.6 is 11.8 Å². The highest BCUT2D eigenvalue weighted by Crippen LogP contribution is 1.96. The van der Waals surface area contributed by atoms with E-state index in [0.29, 0.717) is 5.04 Å². The van der Waals surface area contributed by atoms with Gasteiger partial charge in [-0.15, -0.1) is 11.8 Å². The minimum Gasteiger partial charge on any atom is -0.296 e. The summed E-state index contributed by atoms with van der Waals surface area (Å²) in [6.45, 7) is 1.69. The molecule has 0 aliphatic carbocycles. The normalized spacial score (nSPS) is 11.1. The van der Waals surface area contributed by atoms with Crippen molar-refractivity contribution in [3.8, 4) is 0 Å². The summed E-state index contributed by atoms with van der Waals surface area (Å²) in [6, 6.07) is 0. The highest BCUT2D eigenvalue weighted by Gasteiger charge is 1.91. The van der Waals surface area contributed by atoms with E-state index >= 15 is 0 Å². The van der Waals surface area contributed by atoms with Crippen molar-refractivity contribution >= 4 is 22.9 Å². The number of amides is 1. The Bertz CT molecular complexity index is 135. The maximum absolute atomic E-state index is 9.79. The van der Waals surface area contributed by atoms with Gasteiger partial charge in [0.2, 0.25) is 0 Å². The van der Waals surface area contributed by atoms with Crippen LogP contribution in [-0.2, 0) is 4.84 Å². The summed E-state index contributed by atoms with van der Waals surface area (Å²) in [5.41, 5.74) is 6.27. The Morgan fingerprint density at radius 1 is 1.78 bits per heavy atom. The third kappa shape index (κ3) is 5.16. The molecular formula is C4H7N2O2S. The fraction of sp³-hybridized carbons (Fsp3) is 0.500. The number of carbonyl (C=O) groups is 1. The smallest absolute Gasteiger partial charge is 0.296 e. The third-order valence-corrected chi connectivity index (χ3v) is 1.22. The van der Waals surface area contributed by atoms with Crippen LogP contribution in [0.5, 0.6) is 0 Å². The van der Waals surface area contributed by atoms with E-state index in [1.54, 1.807) is 13.2 Å². The fourth-order valence-corrected chi connectivity index (χ4v) is 0.255. The number of rotatable bonds is 1. The predicted molar refractivity (Wildman–Crippen MR) is 36.2 cm³/mol. The summed E-state index contributed by atoms with van der Waals surface area (Å²) >= 11 is 1.36. The number of carbonyl (C=O) groups excluding carboxylic acids is 1. The van der Waals surface area contributed by atoms with Crippen LogP contribution in [0.2, 0.25) is 0 Å². The molecule has 0 saturated carbocycles. The molecule has 1 amide bonds. The first-order valence-electron chi connectivity index (χ1n) is 2.18. The molecule has 0 aromatic rings. The minimum absolute atomic E-state index is 0.621. The van der Waals surface area contributed by atoms with Crippen LogP contribution in [-0.4, -0.2) is 17.4 Å². The van der Waals surface area contributed by atoms with Crippen LogP contribution in [0.4, 0.5) is 4.79 Å². The van der Waals surface area contributed by atoms with Gasteiger partial charge in [0.1, 0.15) is 5.04 Å². The first-order chi connectivity index (χ1) is 4.16. The SMILES string of the molecule is CSC(C)=NOC([NH])=O. The van der Waals surface area contributed by atoms with Crippen molar-refractivity contribution in [3.63, 3.8) is 0 Å². The van der Waals surface area contributed by atoms with E-state index in [4.69, 9.17) is 5.73 Å². The molecule has 0 saturated heterocycles. The van der Waals surface area contributed by atoms with Crippen molar-refractivity contribution in [1.82, 2.24) is 5.73 Å². The van der Waals surface area contributed by atoms with E-state index in [1.807, 2.05) is 0 Å². The maximum atomic E-state index is 9.79. The molecule has 9 heavy (non-hydrogen) atoms. The lowest BCUT2D eigenvalue weighted by atomic mass is 10.9. The summed E-state index contributed by atoms with van der Waals surface area (Å²) in [5.74, 6) is 0. The molecule has 0 aromatic carbocycles. The van der Waals surface area contributed by atoms with Gasteiger partial charge in [0.25, 0.3) is 0 Å². The average Bonchev–Trinajstić information content (AvgIpc) is 1.83. The van der Waals surface area contributed by atoms with Crippen molar-refractivity contribution < 1.29 is 9.63 Å². The second-order valence-electron chi connectivity index (χ2n) is 1.19. The molecule has 0 rings (SSSR count). The first-order valence-corrected chi connectivity index (χ1v) is 3.40. The molecule has 0 fully saturated rings. The van der Waals surface area contributed by atoms with Crippen molar-refractivity contribution in [2.24, 2.45) is 5.16 Å². The number of oxime groups is 1. The fourth-order valence-electron chi connectivity index (χ4n) is 0.143. The lowest BCUT2D eigenvalue weighted by Crippen LogP contribution is -1.97. The van der Waals surface area contributed by atoms with Crippen LogP contribution in [0.15, 0.2) is 5.16 Å². The summed E-state index contributed by atoms with van der Waals surface area (Å²) in [4.78, 5) is 13.8. The van der Waals surface area contributed by atoms with Crippen molar-refractivity contribution in [1.29, 1.82) is 0 Å². The lowest BCUT2D eigenvalue weighted by Gasteiger charge is -1.90. The number of thioether (sulfide) groups is 1. The minimum atomic E-state index is -1.14. The zero-order valence-electron chi connectivity index (χ0n) is 5.17. The molecule has 0 aliphatic rings. The van der Waals surface area contributed by atoms with Crippen molar-refractivity contribution in [3.05, 3.63) is 0 Å². The van der Waals surface area contributed by atoms with Gasteiger partial charge in [0.05, 0.1) is 0 Å². The summed E-state index contributed by atoms with van der Waals surface area (Å²) in [5, 5.41) is 3.91. The van der Waals surface area contributed by atoms with Gasteiger partial charge in [-0.05, 0) is 13.2 Å². The molecule has 0 heterocycles. The maximum Gasteiger partial charge on any atom is 0.452 e. The van der Waals surface area contributed by atoms with Crippen molar-refractivity contribution in [2.75, 3.05) is 6.26 Å². The second-order valence-corrected chi connectivity index (χ2v) is 2.19. The Balaban J connectivity index is 3.56. The zero-order chi connectivity index (χ0) is 7.28. The Hall–Kier alpha value is -0.710. The standard InChI is InChI=1S/C4H7N2O2S/c1-3(9-2)6-8-4(5)7/h5H,1-2H3. The average molecular weight is 147 g/mol. The van der Waals surface area contributed by atoms with Gasteiger partial charge in [-0.3, -0.25) is 4.84 Å². The number of nitrogens with one attached hydrogen (secondary N) is 1. The number of nitrogens with zero attached hydrogens (tertiary/aromatic N) is 1. The predicted octanol–water partition coefficient (Wildman–Crippen LogP) is 1.10. The van der Waals surface area contributed by atoms with E-state index in [2.05, 4.69) is 9.99 Å². The molecule has 1 radical (unpaired) electrons. The zero-order valence-corrected chi connectivity index (χ0v) is 5.99. The van der Waals surface area contributed by atoms with Gasteiger partial charge in [-0.1, -0.05) is 5.16 Å². The Kier molecular flexibility index (Phi) is 3.87. The van der Waals surface area contributed by atoms with Crippen LogP contribution in [0.1, 0.15) is 6.92 Å². The van der Waals surface area contributed by atoms with Crippen LogP contribution in [0.25, 0.3) is 0 Å². The molecule has 0 bridgehead atoms. The van der Waals surface area contributed by atoms with Gasteiger partial charge in [0.15, 0.2) is 0 Å². The van der Waals surface area contributed by atoms with Crippen LogP contribution < -0.4 is 5.73 Å². The summed E-state index contributed by atoms with van der Waals surface area (Å²) in [7, 11) is 0. The molecule has 0 atom stereocenters. The van der Waals surface area contributed by atoms with Gasteiger partial charge < -0.3 is 0 Å². The third-order valence-electron chi connectivity index (χ3n) is 0.553. The van der Waals surface area contributed by atoms with Gasteiger partial charge in [-0.2, -0.15) is 0 Å². The lowest BCUT2D eigenvalue weighted by molar-refractivity contribution is 0.160. The highest BCUT2D eigenvalue weighted by atomic mass is 32.2. The number of hydrogen-bond donors (Lipinski definition) is 0. The summed E-state index contributed by atoms with van der Waals surface area (Å²) in [6.07, 6.45) is 0.666. The van der Waals surface area contributed by atoms with E-state index in [9.17, 15) is 4.79 Å². The molecule has 1 N–H and O–H groups in total. The molecule has 51 valence electrons. The topological polar surface area (TPSA) is 62.5 Å². The van der Waals surface area contributed by atoms with Gasteiger partial charge >= 0.3 is 6.09 Å². The highest BCUT2D eigenvalue weighted by molar-refractivity contribution is 8.13. The van der Waals surface area contributed by atoms with E-state index in [-0.39, 0.29) is 0 Å². The summed E-state index contributed by atoms with van der Waals surface area (Å²) < 4.78 is 0. The second kappa shape index (κ2) is 4.20. The largest absolute Gasteiger partial charge is 0.452 e. The Morgan fingerprint density at radius 2 is 2.33 bits per heavy atom. The van der Waals surface area contributed by atoms with Crippen LogP contribution in [0, 0.1) is 0 Å². The molecule has 4 nitrogen and oxygen atoms in total. The molecule has 0 aromatic heterocycles. The molecule has 5 heteroatoms. The Labute approximate surface area is 57.4 Å². The molecule has 0 spiro atoms. The van der Waals surface area contributed by atoms with Crippen LogP contribution in [0.3, 0.4) is 0 Å². The first kappa shape index (κ1) is 8.29. The van der Waals surface area contributed by atoms with Gasteiger partial charge in [-0.25, -0.2) is 10.5 Å². The monoisotopic (exact) mass is 147 g/mol.